The van der Waals surface area contributed by atoms with Gasteiger partial charge in [-0.15, -0.1) is 0 Å². The predicted molar refractivity (Wildman–Crippen MR) is 66.6 cm³/mol. The topological polar surface area (TPSA) is 49.6 Å². The third-order valence-corrected chi connectivity index (χ3v) is 4.78. The van der Waals surface area contributed by atoms with Crippen molar-refractivity contribution in [2.24, 2.45) is 5.73 Å². The van der Waals surface area contributed by atoms with Gasteiger partial charge in [-0.3, -0.25) is 9.69 Å². The predicted octanol–water partition coefficient (Wildman–Crippen LogP) is 0.564. The molecule has 2 N–H and O–H groups in total. The van der Waals surface area contributed by atoms with E-state index in [0.717, 1.165) is 38.8 Å². The minimum atomic E-state index is -0.500. The number of amides is 1. The highest BCUT2D eigenvalue weighted by atomic mass is 16.2. The summed E-state index contributed by atoms with van der Waals surface area (Å²) in [5.41, 5.74) is 5.62. The van der Waals surface area contributed by atoms with E-state index in [-0.39, 0.29) is 5.91 Å². The van der Waals surface area contributed by atoms with E-state index >= 15 is 0 Å². The first kappa shape index (κ1) is 11.5. The number of carbonyl (C=O) groups excluding carboxylic acids is 1. The zero-order valence-electron chi connectivity index (χ0n) is 10.5. The average molecular weight is 237 g/mol. The number of hydrogen-bond acceptors (Lipinski definition) is 3. The van der Waals surface area contributed by atoms with Crippen molar-refractivity contribution in [3.05, 3.63) is 0 Å². The summed E-state index contributed by atoms with van der Waals surface area (Å²) in [6.45, 7) is 4.28. The van der Waals surface area contributed by atoms with E-state index in [0.29, 0.717) is 6.04 Å². The number of nitrogens with two attached hydrogens (primary N) is 1. The Balaban J connectivity index is 1.58. The lowest BCUT2D eigenvalue weighted by molar-refractivity contribution is -0.139. The maximum absolute atomic E-state index is 12.3. The van der Waals surface area contributed by atoms with Gasteiger partial charge in [0.25, 0.3) is 0 Å². The summed E-state index contributed by atoms with van der Waals surface area (Å²) < 4.78 is 0. The molecule has 3 aliphatic rings. The Morgan fingerprint density at radius 2 is 1.82 bits per heavy atom. The first-order valence-corrected chi connectivity index (χ1v) is 7.01. The molecule has 17 heavy (non-hydrogen) atoms. The zero-order chi connectivity index (χ0) is 11.9. The average Bonchev–Trinajstić information content (AvgIpc) is 2.94. The largest absolute Gasteiger partial charge is 0.339 e. The molecular formula is C13H23N3O. The summed E-state index contributed by atoms with van der Waals surface area (Å²) in [7, 11) is 0. The summed E-state index contributed by atoms with van der Waals surface area (Å²) in [5.74, 6) is 0.213. The lowest BCUT2D eigenvalue weighted by Gasteiger charge is -2.39. The van der Waals surface area contributed by atoms with E-state index in [1.807, 2.05) is 4.90 Å². The number of rotatable bonds is 2. The lowest BCUT2D eigenvalue weighted by Crippen LogP contribution is -2.59. The SMILES string of the molecule is NC1(C(=O)N2CCC(N3CCCC3)C2)CCC1. The fourth-order valence-corrected chi connectivity index (χ4v) is 3.42. The van der Waals surface area contributed by atoms with Crippen molar-refractivity contribution in [3.8, 4) is 0 Å². The van der Waals surface area contributed by atoms with Crippen molar-refractivity contribution in [1.82, 2.24) is 9.80 Å². The number of nitrogens with zero attached hydrogens (tertiary/aromatic N) is 2. The van der Waals surface area contributed by atoms with Crippen molar-refractivity contribution in [2.75, 3.05) is 26.2 Å². The monoisotopic (exact) mass is 237 g/mol. The molecule has 1 aliphatic carbocycles. The molecule has 2 heterocycles. The summed E-state index contributed by atoms with van der Waals surface area (Å²) >= 11 is 0. The molecule has 1 amide bonds. The van der Waals surface area contributed by atoms with Crippen LogP contribution in [-0.2, 0) is 4.79 Å². The molecule has 4 heteroatoms. The Morgan fingerprint density at radius 3 is 2.41 bits per heavy atom. The number of carbonyl (C=O) groups is 1. The quantitative estimate of drug-likeness (QED) is 0.763. The zero-order valence-corrected chi connectivity index (χ0v) is 10.5. The molecule has 0 aromatic rings. The van der Waals surface area contributed by atoms with Gasteiger partial charge in [-0.25, -0.2) is 0 Å². The summed E-state index contributed by atoms with van der Waals surface area (Å²) in [4.78, 5) is 16.9. The Kier molecular flexibility index (Phi) is 2.87. The van der Waals surface area contributed by atoms with Crippen molar-refractivity contribution in [1.29, 1.82) is 0 Å². The maximum Gasteiger partial charge on any atom is 0.242 e. The Labute approximate surface area is 103 Å². The third kappa shape index (κ3) is 1.97. The molecule has 3 rings (SSSR count). The third-order valence-electron chi connectivity index (χ3n) is 4.78. The van der Waals surface area contributed by atoms with Gasteiger partial charge < -0.3 is 10.6 Å². The molecule has 3 fully saturated rings. The van der Waals surface area contributed by atoms with Crippen LogP contribution in [0.5, 0.6) is 0 Å². The molecule has 1 atom stereocenters. The fraction of sp³-hybridized carbons (Fsp3) is 0.923. The molecule has 1 unspecified atom stereocenters. The van der Waals surface area contributed by atoms with Crippen LogP contribution in [0.15, 0.2) is 0 Å². The molecule has 96 valence electrons. The molecule has 0 spiro atoms. The molecule has 4 nitrogen and oxygen atoms in total. The van der Waals surface area contributed by atoms with Crippen LogP contribution in [-0.4, -0.2) is 53.5 Å². The van der Waals surface area contributed by atoms with Gasteiger partial charge in [0.05, 0.1) is 5.54 Å². The van der Waals surface area contributed by atoms with Gasteiger partial charge in [-0.1, -0.05) is 0 Å². The highest BCUT2D eigenvalue weighted by Crippen LogP contribution is 2.32. The Morgan fingerprint density at radius 1 is 1.12 bits per heavy atom. The van der Waals surface area contributed by atoms with Gasteiger partial charge in [-0.2, -0.15) is 0 Å². The molecule has 1 saturated carbocycles. The molecule has 0 radical (unpaired) electrons. The minimum absolute atomic E-state index is 0.213. The van der Waals surface area contributed by atoms with Crippen LogP contribution in [0.1, 0.15) is 38.5 Å². The molecule has 2 saturated heterocycles. The fourth-order valence-electron chi connectivity index (χ4n) is 3.42. The van der Waals surface area contributed by atoms with Crippen LogP contribution in [0.25, 0.3) is 0 Å². The van der Waals surface area contributed by atoms with E-state index in [2.05, 4.69) is 4.90 Å². The van der Waals surface area contributed by atoms with E-state index in [1.54, 1.807) is 0 Å². The standard InChI is InChI=1S/C13H23N3O/c14-13(5-3-6-13)12(17)16-9-4-11(10-16)15-7-1-2-8-15/h11H,1-10,14H2. The maximum atomic E-state index is 12.3. The first-order chi connectivity index (χ1) is 8.19. The van der Waals surface area contributed by atoms with Crippen LogP contribution in [0, 0.1) is 0 Å². The van der Waals surface area contributed by atoms with Crippen molar-refractivity contribution in [2.45, 2.75) is 50.1 Å². The Hall–Kier alpha value is -0.610. The summed E-state index contributed by atoms with van der Waals surface area (Å²) in [5, 5.41) is 0. The number of hydrogen-bond donors (Lipinski definition) is 1. The highest BCUT2D eigenvalue weighted by molar-refractivity contribution is 5.87. The Bertz CT molecular complexity index is 308. The van der Waals surface area contributed by atoms with Crippen molar-refractivity contribution in [3.63, 3.8) is 0 Å². The van der Waals surface area contributed by atoms with Crippen molar-refractivity contribution >= 4 is 5.91 Å². The normalized spacial score (nSPS) is 32.8. The van der Waals surface area contributed by atoms with Gasteiger partial charge in [0, 0.05) is 19.1 Å². The van der Waals surface area contributed by atoms with Gasteiger partial charge in [0.1, 0.15) is 0 Å². The summed E-state index contributed by atoms with van der Waals surface area (Å²) in [6, 6.07) is 0.602. The summed E-state index contributed by atoms with van der Waals surface area (Å²) in [6.07, 6.45) is 6.68. The van der Waals surface area contributed by atoms with Gasteiger partial charge >= 0.3 is 0 Å². The van der Waals surface area contributed by atoms with Crippen LogP contribution < -0.4 is 5.73 Å². The minimum Gasteiger partial charge on any atom is -0.339 e. The van der Waals surface area contributed by atoms with Gasteiger partial charge in [-0.05, 0) is 51.6 Å². The lowest BCUT2D eigenvalue weighted by atomic mass is 9.76. The second-order valence-corrected chi connectivity index (χ2v) is 5.95. The van der Waals surface area contributed by atoms with E-state index in [9.17, 15) is 4.79 Å². The van der Waals surface area contributed by atoms with Gasteiger partial charge in [0.15, 0.2) is 0 Å². The van der Waals surface area contributed by atoms with Crippen LogP contribution >= 0.6 is 0 Å². The smallest absolute Gasteiger partial charge is 0.242 e. The van der Waals surface area contributed by atoms with E-state index < -0.39 is 5.54 Å². The second kappa shape index (κ2) is 4.25. The molecule has 2 aliphatic heterocycles. The highest BCUT2D eigenvalue weighted by Gasteiger charge is 2.44. The van der Waals surface area contributed by atoms with E-state index in [4.69, 9.17) is 5.73 Å². The molecular weight excluding hydrogens is 214 g/mol. The van der Waals surface area contributed by atoms with E-state index in [1.165, 1.54) is 25.9 Å². The van der Waals surface area contributed by atoms with Crippen LogP contribution in [0.3, 0.4) is 0 Å². The molecule has 0 aromatic heterocycles. The van der Waals surface area contributed by atoms with Crippen LogP contribution in [0.2, 0.25) is 0 Å². The van der Waals surface area contributed by atoms with Crippen LogP contribution in [0.4, 0.5) is 0 Å². The molecule has 0 aromatic carbocycles. The molecule has 0 bridgehead atoms. The van der Waals surface area contributed by atoms with Crippen molar-refractivity contribution < 1.29 is 4.79 Å². The number of likely N-dealkylation sites (tertiary alicyclic amines) is 2. The first-order valence-electron chi connectivity index (χ1n) is 7.01. The second-order valence-electron chi connectivity index (χ2n) is 5.95. The van der Waals surface area contributed by atoms with Gasteiger partial charge in [0.2, 0.25) is 5.91 Å².